The van der Waals surface area contributed by atoms with Crippen molar-refractivity contribution in [1.82, 2.24) is 9.97 Å². The predicted octanol–water partition coefficient (Wildman–Crippen LogP) is 13.6. The van der Waals surface area contributed by atoms with Crippen LogP contribution in [0.5, 0.6) is 0 Å². The Morgan fingerprint density at radius 1 is 0.604 bits per heavy atom. The second kappa shape index (κ2) is 21.6. The maximum absolute atomic E-state index is 4.97. The molecule has 0 radical (unpaired) electrons. The number of hydrogen-bond donors (Lipinski definition) is 0. The van der Waals surface area contributed by atoms with Crippen LogP contribution in [0.1, 0.15) is 113 Å². The first kappa shape index (κ1) is 37.5. The van der Waals surface area contributed by atoms with Crippen LogP contribution < -0.4 is 4.90 Å². The molecule has 0 bridgehead atoms. The summed E-state index contributed by atoms with van der Waals surface area (Å²) in [5.41, 5.74) is 6.17. The molecular weight excluding hydrogens is 623 g/mol. The van der Waals surface area contributed by atoms with Gasteiger partial charge in [-0.25, -0.2) is 4.98 Å². The van der Waals surface area contributed by atoms with Crippen LogP contribution in [0.4, 0.5) is 11.5 Å². The number of nitrogens with zero attached hydrogens (tertiary/aromatic N) is 3. The third-order valence-electron chi connectivity index (χ3n) is 8.61. The van der Waals surface area contributed by atoms with Crippen LogP contribution >= 0.6 is 21.6 Å². The summed E-state index contributed by atoms with van der Waals surface area (Å²) < 4.78 is 0. The van der Waals surface area contributed by atoms with Gasteiger partial charge in [-0.15, -0.1) is 0 Å². The van der Waals surface area contributed by atoms with E-state index in [1.165, 1.54) is 68.1 Å². The monoisotopic (exact) mass is 677 g/mol. The number of aromatic nitrogens is 2. The first-order valence-electron chi connectivity index (χ1n) is 18.0. The number of pyridine rings is 2. The molecule has 5 heteroatoms. The van der Waals surface area contributed by atoms with Gasteiger partial charge in [0, 0.05) is 46.0 Å². The zero-order valence-corrected chi connectivity index (χ0v) is 31.2. The van der Waals surface area contributed by atoms with Gasteiger partial charge in [0.25, 0.3) is 0 Å². The van der Waals surface area contributed by atoms with E-state index in [1.54, 1.807) is 21.6 Å². The lowest BCUT2D eigenvalue weighted by Gasteiger charge is -2.23. The Bertz CT molecular complexity index is 1380. The summed E-state index contributed by atoms with van der Waals surface area (Å²) in [5, 5.41) is 0. The molecule has 0 spiro atoms. The van der Waals surface area contributed by atoms with E-state index in [-0.39, 0.29) is 5.92 Å². The van der Waals surface area contributed by atoms with Crippen molar-refractivity contribution in [3.63, 3.8) is 0 Å². The minimum Gasteiger partial charge on any atom is -0.323 e. The van der Waals surface area contributed by atoms with Gasteiger partial charge < -0.3 is 4.90 Å². The number of unbranched alkanes of at least 4 members (excludes halogenated alkanes) is 8. The zero-order chi connectivity index (χ0) is 33.8. The number of anilines is 2. The van der Waals surface area contributed by atoms with E-state index in [2.05, 4.69) is 130 Å². The largest absolute Gasteiger partial charge is 0.323 e. The molecule has 48 heavy (non-hydrogen) atoms. The summed E-state index contributed by atoms with van der Waals surface area (Å²) in [6, 6.07) is 26.4. The Morgan fingerprint density at radius 2 is 1.19 bits per heavy atom. The lowest BCUT2D eigenvalue weighted by Crippen LogP contribution is -2.18. The highest BCUT2D eigenvalue weighted by Gasteiger charge is 2.15. The number of benzene rings is 2. The van der Waals surface area contributed by atoms with Crippen LogP contribution in [0.25, 0.3) is 0 Å². The van der Waals surface area contributed by atoms with Crippen molar-refractivity contribution in [3.05, 3.63) is 132 Å². The van der Waals surface area contributed by atoms with Crippen molar-refractivity contribution in [1.29, 1.82) is 0 Å². The molecule has 3 nitrogen and oxygen atoms in total. The number of aryl methyl sites for hydroxylation is 2. The fraction of sp³-hybridized carbons (Fsp3) is 0.395. The molecule has 2 aromatic carbocycles. The number of hydrogen-bond acceptors (Lipinski definition) is 5. The smallest absolute Gasteiger partial charge is 0.133 e. The highest BCUT2D eigenvalue weighted by Crippen LogP contribution is 2.38. The van der Waals surface area contributed by atoms with Crippen LogP contribution in [0.15, 0.2) is 119 Å². The Hall–Kier alpha value is -3.28. The van der Waals surface area contributed by atoms with Gasteiger partial charge in [-0.2, -0.15) is 0 Å². The minimum absolute atomic E-state index is 0.258. The van der Waals surface area contributed by atoms with E-state index in [0.29, 0.717) is 0 Å². The zero-order valence-electron chi connectivity index (χ0n) is 29.6. The molecule has 0 aliphatic rings. The molecular formula is C43H55N3S2. The van der Waals surface area contributed by atoms with Crippen LogP contribution in [-0.4, -0.2) is 16.5 Å². The van der Waals surface area contributed by atoms with Crippen LogP contribution in [-0.2, 0) is 0 Å². The van der Waals surface area contributed by atoms with Crippen LogP contribution in [0, 0.1) is 13.8 Å². The van der Waals surface area contributed by atoms with Gasteiger partial charge in [-0.05, 0) is 87.9 Å². The molecule has 2 heterocycles. The first-order chi connectivity index (χ1) is 23.6. The molecule has 4 rings (SSSR count). The van der Waals surface area contributed by atoms with Crippen LogP contribution in [0.2, 0.25) is 0 Å². The third kappa shape index (κ3) is 13.0. The summed E-state index contributed by atoms with van der Waals surface area (Å²) in [7, 11) is 3.47. The second-order valence-corrected chi connectivity index (χ2v) is 15.0. The van der Waals surface area contributed by atoms with Gasteiger partial charge >= 0.3 is 0 Å². The molecule has 2 aromatic heterocycles. The Kier molecular flexibility index (Phi) is 16.9. The molecule has 0 amide bonds. The van der Waals surface area contributed by atoms with E-state index >= 15 is 0 Å². The molecule has 0 saturated carbocycles. The lowest BCUT2D eigenvalue weighted by atomic mass is 9.91. The van der Waals surface area contributed by atoms with E-state index in [0.717, 1.165) is 52.8 Å². The fourth-order valence-electron chi connectivity index (χ4n) is 5.63. The average Bonchev–Trinajstić information content (AvgIpc) is 3.11. The Labute approximate surface area is 299 Å². The summed E-state index contributed by atoms with van der Waals surface area (Å²) in [5.74, 6) is 1.22. The maximum Gasteiger partial charge on any atom is 0.133 e. The highest BCUT2D eigenvalue weighted by molar-refractivity contribution is 8.76. The van der Waals surface area contributed by atoms with Gasteiger partial charge in [0.15, 0.2) is 0 Å². The Morgan fingerprint density at radius 3 is 1.75 bits per heavy atom. The molecule has 0 saturated heterocycles. The Balaban J connectivity index is 1.37. The van der Waals surface area contributed by atoms with Gasteiger partial charge in [-0.1, -0.05) is 146 Å². The highest BCUT2D eigenvalue weighted by atomic mass is 33.1. The average molecular weight is 678 g/mol. The van der Waals surface area contributed by atoms with Crippen molar-refractivity contribution < 1.29 is 0 Å². The van der Waals surface area contributed by atoms with E-state index < -0.39 is 0 Å². The summed E-state index contributed by atoms with van der Waals surface area (Å²) in [6.07, 6.45) is 27.0. The van der Waals surface area contributed by atoms with Crippen molar-refractivity contribution in [2.75, 3.05) is 11.4 Å². The molecule has 1 unspecified atom stereocenters. The SMILES string of the molecule is CCCCCC/C=C/CC(c1ccc(C)cc1)c1ccc(SSc2ccc(N(C/C=C/CCCCCC)c3ccc(C)cc3)nc2)cn1. The van der Waals surface area contributed by atoms with Gasteiger partial charge in [0.2, 0.25) is 0 Å². The van der Waals surface area contributed by atoms with Crippen molar-refractivity contribution in [2.24, 2.45) is 0 Å². The lowest BCUT2D eigenvalue weighted by molar-refractivity contribution is 0.673. The number of allylic oxidation sites excluding steroid dienone is 3. The van der Waals surface area contributed by atoms with Gasteiger partial charge in [0.1, 0.15) is 5.82 Å². The van der Waals surface area contributed by atoms with Crippen molar-refractivity contribution in [2.45, 2.75) is 114 Å². The van der Waals surface area contributed by atoms with E-state index in [9.17, 15) is 0 Å². The molecule has 0 aliphatic carbocycles. The molecule has 1 atom stereocenters. The first-order valence-corrected chi connectivity index (χ1v) is 20.2. The second-order valence-electron chi connectivity index (χ2n) is 12.7. The predicted molar refractivity (Wildman–Crippen MR) is 212 cm³/mol. The minimum atomic E-state index is 0.258. The third-order valence-corrected chi connectivity index (χ3v) is 11.0. The summed E-state index contributed by atoms with van der Waals surface area (Å²) >= 11 is 0. The molecule has 0 aliphatic heterocycles. The quantitative estimate of drug-likeness (QED) is 0.0497. The summed E-state index contributed by atoms with van der Waals surface area (Å²) in [6.45, 7) is 9.61. The standard InChI is InChI=1S/C43H55N3S2/c1-5-7-9-11-13-15-17-19-41(37-24-20-35(3)21-25-37)42-30-28-39(33-44-42)47-48-40-29-31-43(45-34-40)46(38-26-22-36(4)23-27-38)32-18-16-14-12-10-8-6-2/h15-18,20-31,33-34,41H,5-14,19,32H2,1-4H3/b17-15+,18-16+. The fourth-order valence-corrected chi connectivity index (χ4v) is 7.43. The molecule has 0 N–H and O–H groups in total. The van der Waals surface area contributed by atoms with Gasteiger partial charge in [-0.3, -0.25) is 4.98 Å². The summed E-state index contributed by atoms with van der Waals surface area (Å²) in [4.78, 5) is 14.4. The van der Waals surface area contributed by atoms with Gasteiger partial charge in [0.05, 0.1) is 0 Å². The van der Waals surface area contributed by atoms with E-state index in [4.69, 9.17) is 9.97 Å². The maximum atomic E-state index is 4.97. The van der Waals surface area contributed by atoms with E-state index in [1.807, 2.05) is 12.4 Å². The molecule has 0 fully saturated rings. The normalized spacial score (nSPS) is 12.2. The van der Waals surface area contributed by atoms with Crippen molar-refractivity contribution in [3.8, 4) is 0 Å². The number of rotatable bonds is 21. The van der Waals surface area contributed by atoms with Crippen LogP contribution in [0.3, 0.4) is 0 Å². The molecule has 254 valence electrons. The molecule has 4 aromatic rings. The topological polar surface area (TPSA) is 29.0 Å². The van der Waals surface area contributed by atoms with Crippen molar-refractivity contribution >= 4 is 33.1 Å².